The Morgan fingerprint density at radius 1 is 1.33 bits per heavy atom. The molecule has 0 aliphatic rings. The Kier molecular flexibility index (Phi) is 5.12. The summed E-state index contributed by atoms with van der Waals surface area (Å²) in [5.41, 5.74) is -0.617. The van der Waals surface area contributed by atoms with Crippen molar-refractivity contribution in [3.8, 4) is 5.75 Å². The molecule has 2 N–H and O–H groups in total. The summed E-state index contributed by atoms with van der Waals surface area (Å²) in [4.78, 5) is 23.5. The van der Waals surface area contributed by atoms with Crippen LogP contribution in [0.5, 0.6) is 5.75 Å². The Bertz CT molecular complexity index is 539. The fourth-order valence-electron chi connectivity index (χ4n) is 1.52. The van der Waals surface area contributed by atoms with Crippen LogP contribution in [0.15, 0.2) is 18.2 Å². The summed E-state index contributed by atoms with van der Waals surface area (Å²) < 4.78 is 23.0. The molecule has 1 atom stereocenters. The number of carbonyl (C=O) groups excluding carboxylic acids is 2. The van der Waals surface area contributed by atoms with Crippen LogP contribution < -0.4 is 5.32 Å². The second kappa shape index (κ2) is 6.43. The van der Waals surface area contributed by atoms with Gasteiger partial charge in [-0.05, 0) is 38.5 Å². The average molecular weight is 299 g/mol. The summed E-state index contributed by atoms with van der Waals surface area (Å²) in [7, 11) is 1.14. The molecule has 0 aliphatic carbocycles. The summed E-state index contributed by atoms with van der Waals surface area (Å²) in [5.74, 6) is -2.25. The van der Waals surface area contributed by atoms with Gasteiger partial charge in [-0.3, -0.25) is 0 Å². The standard InChI is InChI=1S/C14H18FNO5/c1-14(2,3)21-13(19)16-11(12(18)20-4)8-5-6-10(17)9(15)7-8/h5-7,11,17H,1-4H3,(H,16,19)/t11-/m0/s1. The lowest BCUT2D eigenvalue weighted by molar-refractivity contribution is -0.143. The van der Waals surface area contributed by atoms with Gasteiger partial charge in [0.05, 0.1) is 7.11 Å². The number of phenolic OH excluding ortho intramolecular Hbond substituents is 1. The molecule has 1 aromatic rings. The van der Waals surface area contributed by atoms with E-state index in [9.17, 15) is 14.0 Å². The fraction of sp³-hybridized carbons (Fsp3) is 0.429. The Hall–Kier alpha value is -2.31. The van der Waals surface area contributed by atoms with E-state index in [-0.39, 0.29) is 5.56 Å². The van der Waals surface area contributed by atoms with Crippen LogP contribution in [0.4, 0.5) is 9.18 Å². The van der Waals surface area contributed by atoms with Crippen LogP contribution in [0.3, 0.4) is 0 Å². The van der Waals surface area contributed by atoms with Crippen LogP contribution >= 0.6 is 0 Å². The van der Waals surface area contributed by atoms with Crippen molar-refractivity contribution >= 4 is 12.1 Å². The highest BCUT2D eigenvalue weighted by Gasteiger charge is 2.27. The number of carbonyl (C=O) groups is 2. The maximum absolute atomic E-state index is 13.4. The molecule has 0 saturated carbocycles. The van der Waals surface area contributed by atoms with Crippen molar-refractivity contribution in [2.75, 3.05) is 7.11 Å². The van der Waals surface area contributed by atoms with E-state index in [4.69, 9.17) is 9.84 Å². The van der Waals surface area contributed by atoms with E-state index < -0.39 is 35.3 Å². The maximum atomic E-state index is 13.4. The summed E-state index contributed by atoms with van der Waals surface area (Å²) in [6.45, 7) is 5.00. The lowest BCUT2D eigenvalue weighted by Crippen LogP contribution is -2.38. The van der Waals surface area contributed by atoms with Gasteiger partial charge >= 0.3 is 12.1 Å². The molecule has 1 rings (SSSR count). The molecule has 0 unspecified atom stereocenters. The molecular weight excluding hydrogens is 281 g/mol. The molecule has 0 saturated heterocycles. The van der Waals surface area contributed by atoms with Crippen molar-refractivity contribution < 1.29 is 28.6 Å². The zero-order chi connectivity index (χ0) is 16.2. The number of esters is 1. The van der Waals surface area contributed by atoms with E-state index in [2.05, 4.69) is 10.1 Å². The third-order valence-corrected chi connectivity index (χ3v) is 2.40. The number of hydrogen-bond donors (Lipinski definition) is 2. The molecule has 1 amide bonds. The van der Waals surface area contributed by atoms with E-state index in [1.54, 1.807) is 20.8 Å². The predicted molar refractivity (Wildman–Crippen MR) is 72.2 cm³/mol. The number of methoxy groups -OCH3 is 1. The average Bonchev–Trinajstić information content (AvgIpc) is 2.36. The molecule has 6 nitrogen and oxygen atoms in total. The minimum atomic E-state index is -1.24. The van der Waals surface area contributed by atoms with Gasteiger partial charge in [0.15, 0.2) is 17.6 Å². The maximum Gasteiger partial charge on any atom is 0.408 e. The van der Waals surface area contributed by atoms with Crippen molar-refractivity contribution in [3.63, 3.8) is 0 Å². The summed E-state index contributed by atoms with van der Waals surface area (Å²) in [5, 5.41) is 11.5. The lowest BCUT2D eigenvalue weighted by atomic mass is 10.1. The zero-order valence-electron chi connectivity index (χ0n) is 12.3. The number of alkyl carbamates (subject to hydrolysis) is 1. The number of nitrogens with one attached hydrogen (secondary N) is 1. The molecule has 116 valence electrons. The van der Waals surface area contributed by atoms with Gasteiger partial charge in [-0.2, -0.15) is 0 Å². The van der Waals surface area contributed by atoms with Crippen molar-refractivity contribution in [2.45, 2.75) is 32.4 Å². The molecule has 7 heteroatoms. The molecule has 0 fully saturated rings. The topological polar surface area (TPSA) is 84.9 Å². The summed E-state index contributed by atoms with van der Waals surface area (Å²) in [6, 6.07) is 2.09. The summed E-state index contributed by atoms with van der Waals surface area (Å²) in [6.07, 6.45) is -0.841. The van der Waals surface area contributed by atoms with Gasteiger partial charge < -0.3 is 19.9 Å². The van der Waals surface area contributed by atoms with E-state index in [1.807, 2.05) is 0 Å². The highest BCUT2D eigenvalue weighted by Crippen LogP contribution is 2.22. The smallest absolute Gasteiger partial charge is 0.408 e. The summed E-state index contributed by atoms with van der Waals surface area (Å²) >= 11 is 0. The predicted octanol–water partition coefficient (Wildman–Crippen LogP) is 2.27. The first-order chi connectivity index (χ1) is 9.64. The van der Waals surface area contributed by atoms with Crippen LogP contribution in [0.1, 0.15) is 32.4 Å². The third-order valence-electron chi connectivity index (χ3n) is 2.40. The third kappa shape index (κ3) is 4.94. The van der Waals surface area contributed by atoms with Gasteiger partial charge in [0.2, 0.25) is 0 Å². The van der Waals surface area contributed by atoms with Gasteiger partial charge in [-0.25, -0.2) is 14.0 Å². The SMILES string of the molecule is COC(=O)[C@@H](NC(=O)OC(C)(C)C)c1ccc(O)c(F)c1. The molecular formula is C14H18FNO5. The number of aromatic hydroxyl groups is 1. The van der Waals surface area contributed by atoms with Crippen molar-refractivity contribution in [3.05, 3.63) is 29.6 Å². The van der Waals surface area contributed by atoms with Gasteiger partial charge in [0.1, 0.15) is 5.60 Å². The number of ether oxygens (including phenoxy) is 2. The van der Waals surface area contributed by atoms with Crippen LogP contribution in [0.25, 0.3) is 0 Å². The minimum Gasteiger partial charge on any atom is -0.505 e. The quantitative estimate of drug-likeness (QED) is 0.836. The molecule has 0 spiro atoms. The van der Waals surface area contributed by atoms with Crippen molar-refractivity contribution in [1.82, 2.24) is 5.32 Å². The van der Waals surface area contributed by atoms with E-state index in [0.717, 1.165) is 19.2 Å². The van der Waals surface area contributed by atoms with Gasteiger partial charge in [0.25, 0.3) is 0 Å². The Labute approximate surface area is 121 Å². The van der Waals surface area contributed by atoms with Crippen LogP contribution in [-0.2, 0) is 14.3 Å². The lowest BCUT2D eigenvalue weighted by Gasteiger charge is -2.22. The van der Waals surface area contributed by atoms with Crippen molar-refractivity contribution in [2.24, 2.45) is 0 Å². The number of benzene rings is 1. The first-order valence-electron chi connectivity index (χ1n) is 6.20. The monoisotopic (exact) mass is 299 g/mol. The number of halogens is 1. The zero-order valence-corrected chi connectivity index (χ0v) is 12.3. The van der Waals surface area contributed by atoms with Gasteiger partial charge in [-0.1, -0.05) is 6.07 Å². The Morgan fingerprint density at radius 3 is 2.43 bits per heavy atom. The molecule has 0 bridgehead atoms. The highest BCUT2D eigenvalue weighted by molar-refractivity contribution is 5.82. The molecule has 0 aliphatic heterocycles. The van der Waals surface area contributed by atoms with Crippen molar-refractivity contribution in [1.29, 1.82) is 0 Å². The number of phenols is 1. The number of rotatable bonds is 3. The highest BCUT2D eigenvalue weighted by atomic mass is 19.1. The molecule has 0 aromatic heterocycles. The largest absolute Gasteiger partial charge is 0.505 e. The van der Waals surface area contributed by atoms with Crippen LogP contribution in [-0.4, -0.2) is 29.9 Å². The first kappa shape index (κ1) is 16.7. The van der Waals surface area contributed by atoms with E-state index >= 15 is 0 Å². The normalized spacial score (nSPS) is 12.4. The molecule has 0 heterocycles. The van der Waals surface area contributed by atoms with Crippen LogP contribution in [0, 0.1) is 5.82 Å². The Morgan fingerprint density at radius 2 is 1.95 bits per heavy atom. The second-order valence-corrected chi connectivity index (χ2v) is 5.31. The number of hydrogen-bond acceptors (Lipinski definition) is 5. The minimum absolute atomic E-state index is 0.128. The van der Waals surface area contributed by atoms with Gasteiger partial charge in [-0.15, -0.1) is 0 Å². The van der Waals surface area contributed by atoms with Crippen LogP contribution in [0.2, 0.25) is 0 Å². The molecule has 0 radical (unpaired) electrons. The fourth-order valence-corrected chi connectivity index (χ4v) is 1.52. The first-order valence-corrected chi connectivity index (χ1v) is 6.20. The second-order valence-electron chi connectivity index (χ2n) is 5.31. The molecule has 21 heavy (non-hydrogen) atoms. The van der Waals surface area contributed by atoms with E-state index in [1.165, 1.54) is 6.07 Å². The van der Waals surface area contributed by atoms with Gasteiger partial charge in [0, 0.05) is 0 Å². The number of amides is 1. The molecule has 1 aromatic carbocycles. The Balaban J connectivity index is 2.98. The van der Waals surface area contributed by atoms with E-state index in [0.29, 0.717) is 0 Å².